The fourth-order valence-electron chi connectivity index (χ4n) is 4.36. The van der Waals surface area contributed by atoms with Crippen molar-refractivity contribution < 1.29 is 24.2 Å². The second kappa shape index (κ2) is 10.4. The zero-order valence-corrected chi connectivity index (χ0v) is 20.5. The van der Waals surface area contributed by atoms with Crippen molar-refractivity contribution in [3.8, 4) is 11.5 Å². The van der Waals surface area contributed by atoms with Crippen LogP contribution >= 0.6 is 11.6 Å². The second-order valence-electron chi connectivity index (χ2n) is 8.78. The largest absolute Gasteiger partial charge is 0.475 e. The van der Waals surface area contributed by atoms with Gasteiger partial charge in [0, 0.05) is 23.7 Å². The van der Waals surface area contributed by atoms with E-state index in [9.17, 15) is 14.7 Å². The van der Waals surface area contributed by atoms with Gasteiger partial charge in [0.2, 0.25) is 0 Å². The van der Waals surface area contributed by atoms with Gasteiger partial charge in [0.05, 0.1) is 5.92 Å². The van der Waals surface area contributed by atoms with E-state index in [-0.39, 0.29) is 5.91 Å². The molecular formula is C28H28ClNO5. The average Bonchev–Trinajstić information content (AvgIpc) is 2.86. The van der Waals surface area contributed by atoms with Crippen molar-refractivity contribution in [3.05, 3.63) is 94.5 Å². The molecule has 0 bridgehead atoms. The van der Waals surface area contributed by atoms with Crippen LogP contribution in [-0.2, 0) is 4.79 Å². The zero-order chi connectivity index (χ0) is 25.0. The highest BCUT2D eigenvalue weighted by Gasteiger charge is 2.53. The van der Waals surface area contributed by atoms with Crippen LogP contribution in [0.2, 0.25) is 5.02 Å². The van der Waals surface area contributed by atoms with Crippen LogP contribution in [0.3, 0.4) is 0 Å². The maximum Gasteiger partial charge on any atom is 0.390 e. The quantitative estimate of drug-likeness (QED) is 0.424. The molecule has 0 atom stereocenters. The molecule has 0 radical (unpaired) electrons. The first-order chi connectivity index (χ1) is 16.8. The Morgan fingerprint density at radius 1 is 0.857 bits per heavy atom. The van der Waals surface area contributed by atoms with Crippen LogP contribution in [0.25, 0.3) is 0 Å². The molecule has 1 aliphatic heterocycles. The summed E-state index contributed by atoms with van der Waals surface area (Å²) in [5.41, 5.74) is 2.16. The van der Waals surface area contributed by atoms with Crippen molar-refractivity contribution >= 4 is 23.5 Å². The lowest BCUT2D eigenvalue weighted by atomic mass is 9.87. The van der Waals surface area contributed by atoms with Crippen molar-refractivity contribution in [1.29, 1.82) is 0 Å². The Labute approximate surface area is 210 Å². The highest BCUT2D eigenvalue weighted by molar-refractivity contribution is 6.30. The molecule has 0 saturated carbocycles. The number of carboxylic acids is 1. The standard InChI is InChI=1S/C28H28ClNO5/c1-19-7-3-5-9-24(19)34-28(27(32)33,35-25-10-6-4-8-20(25)2)22-15-17-30(18-16-22)26(31)21-11-13-23(29)14-12-21/h3-14,22H,15-18H2,1-2H3,(H,32,33). The fraction of sp³-hybridized carbons (Fsp3) is 0.286. The SMILES string of the molecule is Cc1ccccc1OC(Oc1ccccc1C)(C(=O)O)C1CCN(C(=O)c2ccc(Cl)cc2)CC1. The molecule has 0 aliphatic carbocycles. The van der Waals surface area contributed by atoms with Crippen LogP contribution in [-0.4, -0.2) is 40.8 Å². The molecule has 35 heavy (non-hydrogen) atoms. The molecule has 4 rings (SSSR count). The Hall–Kier alpha value is -3.51. The van der Waals surface area contributed by atoms with Gasteiger partial charge in [-0.05, 0) is 74.2 Å². The highest BCUT2D eigenvalue weighted by Crippen LogP contribution is 2.37. The molecular weight excluding hydrogens is 466 g/mol. The third-order valence-electron chi connectivity index (χ3n) is 6.42. The van der Waals surface area contributed by atoms with Gasteiger partial charge in [0.15, 0.2) is 0 Å². The van der Waals surface area contributed by atoms with Crippen molar-refractivity contribution in [3.63, 3.8) is 0 Å². The third kappa shape index (κ3) is 5.28. The summed E-state index contributed by atoms with van der Waals surface area (Å²) in [6.07, 6.45) is 0.812. The van der Waals surface area contributed by atoms with Gasteiger partial charge in [-0.1, -0.05) is 48.0 Å². The molecule has 1 N–H and O–H groups in total. The van der Waals surface area contributed by atoms with E-state index in [2.05, 4.69) is 0 Å². The van der Waals surface area contributed by atoms with E-state index < -0.39 is 17.7 Å². The molecule has 1 aliphatic rings. The summed E-state index contributed by atoms with van der Waals surface area (Å²) in [5, 5.41) is 11.1. The smallest absolute Gasteiger partial charge is 0.390 e. The minimum absolute atomic E-state index is 0.110. The summed E-state index contributed by atoms with van der Waals surface area (Å²) in [6.45, 7) is 4.50. The normalized spacial score (nSPS) is 14.4. The number of carboxylic acid groups (broad SMARTS) is 1. The molecule has 0 aromatic heterocycles. The van der Waals surface area contributed by atoms with Crippen molar-refractivity contribution in [2.75, 3.05) is 13.1 Å². The van der Waals surface area contributed by atoms with Gasteiger partial charge in [-0.15, -0.1) is 0 Å². The topological polar surface area (TPSA) is 76.1 Å². The predicted molar refractivity (Wildman–Crippen MR) is 134 cm³/mol. The highest BCUT2D eigenvalue weighted by atomic mass is 35.5. The van der Waals surface area contributed by atoms with Crippen molar-refractivity contribution in [1.82, 2.24) is 4.90 Å². The first-order valence-electron chi connectivity index (χ1n) is 11.6. The van der Waals surface area contributed by atoms with E-state index in [1.807, 2.05) is 38.1 Å². The van der Waals surface area contributed by atoms with Crippen molar-refractivity contribution in [2.45, 2.75) is 32.5 Å². The predicted octanol–water partition coefficient (Wildman–Crippen LogP) is 5.75. The average molecular weight is 494 g/mol. The maximum absolute atomic E-state index is 13.0. The Morgan fingerprint density at radius 2 is 1.34 bits per heavy atom. The molecule has 182 valence electrons. The van der Waals surface area contributed by atoms with Gasteiger partial charge >= 0.3 is 11.8 Å². The lowest BCUT2D eigenvalue weighted by Crippen LogP contribution is -2.59. The first kappa shape index (κ1) is 24.6. The van der Waals surface area contributed by atoms with Gasteiger partial charge in [-0.2, -0.15) is 0 Å². The number of para-hydroxylation sites is 2. The third-order valence-corrected chi connectivity index (χ3v) is 6.67. The first-order valence-corrected chi connectivity index (χ1v) is 12.0. The lowest BCUT2D eigenvalue weighted by Gasteiger charge is -2.41. The van der Waals surface area contributed by atoms with Gasteiger partial charge in [0.25, 0.3) is 5.91 Å². The number of carbonyl (C=O) groups is 2. The number of hydrogen-bond acceptors (Lipinski definition) is 4. The van der Waals surface area contributed by atoms with Crippen LogP contribution in [0.5, 0.6) is 11.5 Å². The lowest BCUT2D eigenvalue weighted by molar-refractivity contribution is -0.204. The molecule has 7 heteroatoms. The van der Waals surface area contributed by atoms with Gasteiger partial charge in [-0.25, -0.2) is 4.79 Å². The van der Waals surface area contributed by atoms with E-state index in [4.69, 9.17) is 21.1 Å². The molecule has 0 spiro atoms. The summed E-state index contributed by atoms with van der Waals surface area (Å²) < 4.78 is 12.5. The number of aryl methyl sites for hydroxylation is 2. The molecule has 1 saturated heterocycles. The Bertz CT molecular complexity index is 1150. The summed E-state index contributed by atoms with van der Waals surface area (Å²) in [5.74, 6) is -2.86. The van der Waals surface area contributed by atoms with Gasteiger partial charge in [-0.3, -0.25) is 4.79 Å². The van der Waals surface area contributed by atoms with Crippen LogP contribution < -0.4 is 9.47 Å². The number of aliphatic carboxylic acids is 1. The summed E-state index contributed by atoms with van der Waals surface area (Å²) >= 11 is 5.95. The minimum Gasteiger partial charge on any atom is -0.475 e. The maximum atomic E-state index is 13.0. The molecule has 6 nitrogen and oxygen atoms in total. The Balaban J connectivity index is 1.62. The van der Waals surface area contributed by atoms with Crippen LogP contribution in [0.1, 0.15) is 34.3 Å². The van der Waals surface area contributed by atoms with E-state index in [1.165, 1.54) is 0 Å². The van der Waals surface area contributed by atoms with Crippen LogP contribution in [0.4, 0.5) is 0 Å². The molecule has 1 fully saturated rings. The van der Waals surface area contributed by atoms with E-state index in [0.717, 1.165) is 11.1 Å². The molecule has 1 amide bonds. The number of rotatable bonds is 7. The Morgan fingerprint density at radius 3 is 1.80 bits per heavy atom. The number of ether oxygens (including phenoxy) is 2. The van der Waals surface area contributed by atoms with Crippen LogP contribution in [0.15, 0.2) is 72.8 Å². The van der Waals surface area contributed by atoms with E-state index in [1.54, 1.807) is 53.4 Å². The second-order valence-corrected chi connectivity index (χ2v) is 9.22. The van der Waals surface area contributed by atoms with Crippen molar-refractivity contribution in [2.24, 2.45) is 5.92 Å². The van der Waals surface area contributed by atoms with Crippen LogP contribution in [0, 0.1) is 19.8 Å². The summed E-state index contributed by atoms with van der Waals surface area (Å²) in [7, 11) is 0. The summed E-state index contributed by atoms with van der Waals surface area (Å²) in [4.78, 5) is 27.6. The number of amides is 1. The molecule has 0 unspecified atom stereocenters. The minimum atomic E-state index is -1.95. The Kier molecular flexibility index (Phi) is 7.31. The number of nitrogens with zero attached hydrogens (tertiary/aromatic N) is 1. The number of benzene rings is 3. The number of carbonyl (C=O) groups excluding carboxylic acids is 1. The number of piperidine rings is 1. The zero-order valence-electron chi connectivity index (χ0n) is 19.7. The van der Waals surface area contributed by atoms with E-state index in [0.29, 0.717) is 48.0 Å². The van der Waals surface area contributed by atoms with Gasteiger partial charge < -0.3 is 19.5 Å². The van der Waals surface area contributed by atoms with E-state index >= 15 is 0 Å². The molecule has 1 heterocycles. The monoisotopic (exact) mass is 493 g/mol. The summed E-state index contributed by atoms with van der Waals surface area (Å²) in [6, 6.07) is 21.3. The van der Waals surface area contributed by atoms with Gasteiger partial charge in [0.1, 0.15) is 11.5 Å². The molecule has 3 aromatic rings. The number of hydrogen-bond donors (Lipinski definition) is 1. The number of halogens is 1. The fourth-order valence-corrected chi connectivity index (χ4v) is 4.48. The molecule has 3 aromatic carbocycles. The number of likely N-dealkylation sites (tertiary alicyclic amines) is 1.